The maximum Gasteiger partial charge on any atom is 0.320 e. The fourth-order valence-corrected chi connectivity index (χ4v) is 1.92. The van der Waals surface area contributed by atoms with Crippen LogP contribution in [-0.4, -0.2) is 73.7 Å². The molecule has 2 amide bonds. The Balaban J connectivity index is 1.96. The number of rotatable bonds is 3. The third kappa shape index (κ3) is 3.62. The average molecular weight is 300 g/mol. The Bertz CT molecular complexity index is 475. The molecule has 0 spiro atoms. The number of aliphatic hydroxyl groups is 4. The van der Waals surface area contributed by atoms with Crippen LogP contribution in [0.1, 0.15) is 0 Å². The van der Waals surface area contributed by atoms with E-state index in [1.807, 2.05) is 0 Å². The molecule has 1 aromatic rings. The summed E-state index contributed by atoms with van der Waals surface area (Å²) in [6, 6.07) is -2.03. The van der Waals surface area contributed by atoms with Crippen molar-refractivity contribution < 1.29 is 30.0 Å². The van der Waals surface area contributed by atoms with Crippen LogP contribution in [0.25, 0.3) is 0 Å². The second kappa shape index (κ2) is 6.74. The van der Waals surface area contributed by atoms with Gasteiger partial charge in [0.2, 0.25) is 0 Å². The lowest BCUT2D eigenvalue weighted by molar-refractivity contribution is -0.252. The summed E-state index contributed by atoms with van der Waals surface area (Å²) in [5.41, 5.74) is 0. The van der Waals surface area contributed by atoms with Gasteiger partial charge in [-0.1, -0.05) is 0 Å². The van der Waals surface area contributed by atoms with Gasteiger partial charge in [-0.2, -0.15) is 0 Å². The van der Waals surface area contributed by atoms with Gasteiger partial charge >= 0.3 is 6.03 Å². The summed E-state index contributed by atoms with van der Waals surface area (Å²) in [5.74, 6) is 0.171. The number of aromatic nitrogens is 2. The third-order valence-electron chi connectivity index (χ3n) is 3.00. The van der Waals surface area contributed by atoms with Crippen LogP contribution in [-0.2, 0) is 4.74 Å². The van der Waals surface area contributed by atoms with Gasteiger partial charge in [0.05, 0.1) is 12.8 Å². The van der Waals surface area contributed by atoms with Crippen LogP contribution in [0.15, 0.2) is 18.6 Å². The van der Waals surface area contributed by atoms with Gasteiger partial charge in [-0.15, -0.1) is 0 Å². The van der Waals surface area contributed by atoms with Crippen molar-refractivity contribution in [3.8, 4) is 0 Å². The SMILES string of the molecule is O=C(Nc1cnccn1)NC1C(O)O[C@H](CO)C(O)[C@@H]1O. The van der Waals surface area contributed by atoms with Gasteiger partial charge in [0, 0.05) is 12.4 Å². The molecule has 1 fully saturated rings. The molecule has 0 aromatic carbocycles. The van der Waals surface area contributed by atoms with Crippen molar-refractivity contribution in [1.82, 2.24) is 15.3 Å². The minimum atomic E-state index is -1.58. The summed E-state index contributed by atoms with van der Waals surface area (Å²) in [6.45, 7) is -0.576. The summed E-state index contributed by atoms with van der Waals surface area (Å²) in [7, 11) is 0. The number of aliphatic hydroxyl groups excluding tert-OH is 4. The normalized spacial score (nSPS) is 32.5. The molecule has 3 unspecified atom stereocenters. The van der Waals surface area contributed by atoms with Crippen LogP contribution in [0.5, 0.6) is 0 Å². The molecule has 1 saturated heterocycles. The molecule has 5 atom stereocenters. The molecule has 1 aliphatic rings. The molecule has 10 heteroatoms. The number of nitrogens with zero attached hydrogens (tertiary/aromatic N) is 2. The highest BCUT2D eigenvalue weighted by Crippen LogP contribution is 2.19. The maximum atomic E-state index is 11.7. The number of carbonyl (C=O) groups is 1. The number of anilines is 1. The number of nitrogens with one attached hydrogen (secondary N) is 2. The van der Waals surface area contributed by atoms with E-state index in [0.717, 1.165) is 0 Å². The van der Waals surface area contributed by atoms with Crippen molar-refractivity contribution in [2.75, 3.05) is 11.9 Å². The van der Waals surface area contributed by atoms with Crippen LogP contribution < -0.4 is 10.6 Å². The van der Waals surface area contributed by atoms with Crippen molar-refractivity contribution in [3.05, 3.63) is 18.6 Å². The zero-order valence-electron chi connectivity index (χ0n) is 10.8. The zero-order valence-corrected chi connectivity index (χ0v) is 10.8. The quantitative estimate of drug-likeness (QED) is 0.354. The lowest BCUT2D eigenvalue weighted by Gasteiger charge is -2.40. The van der Waals surface area contributed by atoms with Crippen molar-refractivity contribution in [2.45, 2.75) is 30.6 Å². The van der Waals surface area contributed by atoms with E-state index in [-0.39, 0.29) is 5.82 Å². The minimum absolute atomic E-state index is 0.171. The largest absolute Gasteiger partial charge is 0.394 e. The van der Waals surface area contributed by atoms with Crippen LogP contribution >= 0.6 is 0 Å². The molecule has 1 aliphatic heterocycles. The first-order valence-corrected chi connectivity index (χ1v) is 6.17. The Kier molecular flexibility index (Phi) is 4.98. The van der Waals surface area contributed by atoms with E-state index in [4.69, 9.17) is 9.84 Å². The van der Waals surface area contributed by atoms with E-state index >= 15 is 0 Å². The van der Waals surface area contributed by atoms with Crippen LogP contribution in [0.3, 0.4) is 0 Å². The van der Waals surface area contributed by atoms with Crippen molar-refractivity contribution >= 4 is 11.8 Å². The second-order valence-corrected chi connectivity index (χ2v) is 4.44. The van der Waals surface area contributed by atoms with Crippen LogP contribution in [0, 0.1) is 0 Å². The van der Waals surface area contributed by atoms with Crippen LogP contribution in [0.4, 0.5) is 10.6 Å². The molecule has 0 aliphatic carbocycles. The molecule has 116 valence electrons. The number of amides is 2. The summed E-state index contributed by atoms with van der Waals surface area (Å²) < 4.78 is 4.91. The molecule has 0 bridgehead atoms. The molecular weight excluding hydrogens is 284 g/mol. The molecule has 0 saturated carbocycles. The summed E-state index contributed by atoms with van der Waals surface area (Å²) in [5, 5.41) is 42.8. The molecule has 10 nitrogen and oxygen atoms in total. The van der Waals surface area contributed by atoms with Crippen molar-refractivity contribution in [2.24, 2.45) is 0 Å². The van der Waals surface area contributed by atoms with E-state index in [2.05, 4.69) is 20.6 Å². The Morgan fingerprint density at radius 2 is 2.05 bits per heavy atom. The Morgan fingerprint density at radius 3 is 2.67 bits per heavy atom. The van der Waals surface area contributed by atoms with E-state index in [9.17, 15) is 20.1 Å². The number of urea groups is 1. The van der Waals surface area contributed by atoms with Gasteiger partial charge in [0.1, 0.15) is 24.4 Å². The first-order valence-electron chi connectivity index (χ1n) is 6.17. The van der Waals surface area contributed by atoms with Gasteiger partial charge < -0.3 is 30.5 Å². The maximum absolute atomic E-state index is 11.7. The second-order valence-electron chi connectivity index (χ2n) is 4.44. The topological polar surface area (TPSA) is 157 Å². The predicted molar refractivity (Wildman–Crippen MR) is 68.0 cm³/mol. The summed E-state index contributed by atoms with van der Waals surface area (Å²) >= 11 is 0. The van der Waals surface area contributed by atoms with Crippen molar-refractivity contribution in [1.29, 1.82) is 0 Å². The van der Waals surface area contributed by atoms with Gasteiger partial charge in [-0.3, -0.25) is 10.3 Å². The van der Waals surface area contributed by atoms with E-state index in [1.165, 1.54) is 18.6 Å². The first-order chi connectivity index (χ1) is 10.0. The number of ether oxygens (including phenoxy) is 1. The highest BCUT2D eigenvalue weighted by molar-refractivity contribution is 5.88. The van der Waals surface area contributed by atoms with E-state index in [1.54, 1.807) is 0 Å². The first kappa shape index (κ1) is 15.5. The molecule has 6 N–H and O–H groups in total. The standard InChI is InChI=1S/C11H16N4O6/c16-4-5-8(17)9(18)7(10(19)21-5)15-11(20)14-6-3-12-1-2-13-6/h1-3,5,7-10,16-19H,4H2,(H2,13,14,15,20)/t5-,7?,8?,9-,10?/m1/s1. The van der Waals surface area contributed by atoms with Gasteiger partial charge in [0.15, 0.2) is 12.1 Å². The van der Waals surface area contributed by atoms with Crippen LogP contribution in [0.2, 0.25) is 0 Å². The van der Waals surface area contributed by atoms with E-state index < -0.39 is 43.3 Å². The predicted octanol–water partition coefficient (Wildman–Crippen LogP) is -2.60. The Labute approximate surface area is 119 Å². The number of hydrogen-bond donors (Lipinski definition) is 6. The van der Waals surface area contributed by atoms with Crippen molar-refractivity contribution in [3.63, 3.8) is 0 Å². The molecule has 21 heavy (non-hydrogen) atoms. The fourth-order valence-electron chi connectivity index (χ4n) is 1.92. The smallest absolute Gasteiger partial charge is 0.320 e. The average Bonchev–Trinajstić information content (AvgIpc) is 2.48. The van der Waals surface area contributed by atoms with Gasteiger partial charge in [-0.25, -0.2) is 9.78 Å². The zero-order chi connectivity index (χ0) is 15.4. The lowest BCUT2D eigenvalue weighted by atomic mass is 9.97. The molecule has 1 aromatic heterocycles. The molecule has 0 radical (unpaired) electrons. The summed E-state index contributed by atoms with van der Waals surface area (Å²) in [4.78, 5) is 19.3. The lowest BCUT2D eigenvalue weighted by Crippen LogP contribution is -2.64. The molecule has 2 rings (SSSR count). The fraction of sp³-hybridized carbons (Fsp3) is 0.545. The monoisotopic (exact) mass is 300 g/mol. The third-order valence-corrected chi connectivity index (χ3v) is 3.00. The Hall–Kier alpha value is -1.85. The van der Waals surface area contributed by atoms with Gasteiger partial charge in [-0.05, 0) is 0 Å². The van der Waals surface area contributed by atoms with E-state index in [0.29, 0.717) is 0 Å². The molecular formula is C11H16N4O6. The summed E-state index contributed by atoms with van der Waals surface area (Å²) in [6.07, 6.45) is -1.54. The highest BCUT2D eigenvalue weighted by Gasteiger charge is 2.44. The minimum Gasteiger partial charge on any atom is -0.394 e. The van der Waals surface area contributed by atoms with Gasteiger partial charge in [0.25, 0.3) is 0 Å². The highest BCUT2D eigenvalue weighted by atomic mass is 16.6. The molecule has 2 heterocycles. The number of carbonyl (C=O) groups excluding carboxylic acids is 1. The number of hydrogen-bond acceptors (Lipinski definition) is 8. The Morgan fingerprint density at radius 1 is 1.29 bits per heavy atom.